The van der Waals surface area contributed by atoms with E-state index in [1.165, 1.54) is 23.8 Å². The molecule has 3 aromatic carbocycles. The van der Waals surface area contributed by atoms with Crippen molar-refractivity contribution in [3.05, 3.63) is 77.4 Å². The number of benzene rings is 3. The van der Waals surface area contributed by atoms with Gasteiger partial charge in [0.2, 0.25) is 0 Å². The van der Waals surface area contributed by atoms with E-state index in [1.807, 2.05) is 30.3 Å². The molecule has 0 fully saturated rings. The summed E-state index contributed by atoms with van der Waals surface area (Å²) in [5.74, 6) is 1.84. The third-order valence-electron chi connectivity index (χ3n) is 5.77. The van der Waals surface area contributed by atoms with Gasteiger partial charge in [0.05, 0.1) is 26.9 Å². The van der Waals surface area contributed by atoms with Crippen LogP contribution in [0.5, 0.6) is 17.2 Å². The van der Waals surface area contributed by atoms with Crippen molar-refractivity contribution >= 4 is 5.97 Å². The van der Waals surface area contributed by atoms with Gasteiger partial charge in [-0.25, -0.2) is 0 Å². The normalized spacial score (nSPS) is 10.6. The van der Waals surface area contributed by atoms with Crippen LogP contribution in [-0.2, 0) is 22.7 Å². The Kier molecular flexibility index (Phi) is 9.35. The van der Waals surface area contributed by atoms with E-state index >= 15 is 0 Å². The molecular formula is C28H33NO5. The zero-order valence-electron chi connectivity index (χ0n) is 20.4. The quantitative estimate of drug-likeness (QED) is 0.290. The standard InChI is InChI=1S/C28H33NO5/c1-20-22(12-8-13-24(20)21-10-6-5-7-11-21)19-34-23-16-26(31-2)25(27(17-23)32-3)18-29-15-9-14-28(30)33-4/h5-8,10-13,16-17,29H,9,14-15,18-19H2,1-4H3. The Morgan fingerprint density at radius 2 is 1.62 bits per heavy atom. The Bertz CT molecular complexity index is 1060. The lowest BCUT2D eigenvalue weighted by molar-refractivity contribution is -0.140. The molecule has 0 spiro atoms. The predicted molar refractivity (Wildman–Crippen MR) is 133 cm³/mol. The second kappa shape index (κ2) is 12.7. The van der Waals surface area contributed by atoms with Crippen molar-refractivity contribution in [2.45, 2.75) is 32.9 Å². The molecule has 6 heteroatoms. The number of carbonyl (C=O) groups excluding carboxylic acids is 1. The van der Waals surface area contributed by atoms with E-state index in [1.54, 1.807) is 14.2 Å². The highest BCUT2D eigenvalue weighted by molar-refractivity contribution is 5.69. The van der Waals surface area contributed by atoms with E-state index in [2.05, 4.69) is 47.3 Å². The van der Waals surface area contributed by atoms with E-state index in [0.29, 0.717) is 49.8 Å². The third kappa shape index (κ3) is 6.51. The maximum atomic E-state index is 11.3. The van der Waals surface area contributed by atoms with Crippen molar-refractivity contribution < 1.29 is 23.7 Å². The van der Waals surface area contributed by atoms with Gasteiger partial charge in [0, 0.05) is 25.1 Å². The van der Waals surface area contributed by atoms with Crippen molar-refractivity contribution in [3.63, 3.8) is 0 Å². The maximum absolute atomic E-state index is 11.3. The lowest BCUT2D eigenvalue weighted by Crippen LogP contribution is -2.17. The molecule has 34 heavy (non-hydrogen) atoms. The molecule has 0 saturated heterocycles. The molecule has 0 amide bonds. The molecule has 180 valence electrons. The van der Waals surface area contributed by atoms with Gasteiger partial charge in [0.25, 0.3) is 0 Å². The van der Waals surface area contributed by atoms with Gasteiger partial charge in [-0.1, -0.05) is 48.5 Å². The fraction of sp³-hybridized carbons (Fsp3) is 0.321. The molecule has 0 aliphatic rings. The lowest BCUT2D eigenvalue weighted by Gasteiger charge is -2.17. The molecule has 3 rings (SSSR count). The molecule has 6 nitrogen and oxygen atoms in total. The summed E-state index contributed by atoms with van der Waals surface area (Å²) < 4.78 is 22.1. The Labute approximate surface area is 201 Å². The van der Waals surface area contributed by atoms with Gasteiger partial charge in [-0.3, -0.25) is 4.79 Å². The summed E-state index contributed by atoms with van der Waals surface area (Å²) in [6, 6.07) is 20.4. The Morgan fingerprint density at radius 1 is 0.912 bits per heavy atom. The number of hydrogen-bond acceptors (Lipinski definition) is 6. The fourth-order valence-electron chi connectivity index (χ4n) is 3.82. The summed E-state index contributed by atoms with van der Waals surface area (Å²) in [5, 5.41) is 3.33. The Hall–Kier alpha value is -3.51. The molecule has 0 saturated carbocycles. The van der Waals surface area contributed by atoms with E-state index in [-0.39, 0.29) is 5.97 Å². The van der Waals surface area contributed by atoms with Crippen LogP contribution in [0.25, 0.3) is 11.1 Å². The monoisotopic (exact) mass is 463 g/mol. The van der Waals surface area contributed by atoms with Crippen LogP contribution in [0.3, 0.4) is 0 Å². The predicted octanol–water partition coefficient (Wildman–Crippen LogP) is 5.30. The topological polar surface area (TPSA) is 66.0 Å². The lowest BCUT2D eigenvalue weighted by atomic mass is 9.97. The number of hydrogen-bond donors (Lipinski definition) is 1. The minimum absolute atomic E-state index is 0.206. The van der Waals surface area contributed by atoms with Crippen LogP contribution in [0.1, 0.15) is 29.5 Å². The number of rotatable bonds is 12. The summed E-state index contributed by atoms with van der Waals surface area (Å²) in [6.45, 7) is 3.78. The number of nitrogens with one attached hydrogen (secondary N) is 1. The molecule has 0 aromatic heterocycles. The van der Waals surface area contributed by atoms with Crippen LogP contribution in [0.15, 0.2) is 60.7 Å². The van der Waals surface area contributed by atoms with Gasteiger partial charge in [-0.15, -0.1) is 0 Å². The Morgan fingerprint density at radius 3 is 2.26 bits per heavy atom. The molecule has 0 aliphatic carbocycles. The molecular weight excluding hydrogens is 430 g/mol. The molecule has 3 aromatic rings. The average Bonchev–Trinajstić information content (AvgIpc) is 2.88. The molecule has 0 unspecified atom stereocenters. The zero-order valence-corrected chi connectivity index (χ0v) is 20.4. The number of carbonyl (C=O) groups is 1. The summed E-state index contributed by atoms with van der Waals surface area (Å²) in [6.07, 6.45) is 1.08. The van der Waals surface area contributed by atoms with Gasteiger partial charge in [-0.05, 0) is 42.1 Å². The summed E-state index contributed by atoms with van der Waals surface area (Å²) in [5.41, 5.74) is 5.60. The summed E-state index contributed by atoms with van der Waals surface area (Å²) in [7, 11) is 4.66. The molecule has 0 heterocycles. The minimum Gasteiger partial charge on any atom is -0.496 e. The van der Waals surface area contributed by atoms with E-state index in [9.17, 15) is 4.79 Å². The largest absolute Gasteiger partial charge is 0.496 e. The van der Waals surface area contributed by atoms with Crippen LogP contribution in [0.4, 0.5) is 0 Å². The highest BCUT2D eigenvalue weighted by atomic mass is 16.5. The number of ether oxygens (including phenoxy) is 4. The fourth-order valence-corrected chi connectivity index (χ4v) is 3.82. The summed E-state index contributed by atoms with van der Waals surface area (Å²) >= 11 is 0. The van der Waals surface area contributed by atoms with Crippen molar-refractivity contribution in [2.24, 2.45) is 0 Å². The van der Waals surface area contributed by atoms with Crippen molar-refractivity contribution in [2.75, 3.05) is 27.9 Å². The van der Waals surface area contributed by atoms with Gasteiger partial charge in [0.1, 0.15) is 23.9 Å². The first-order valence-electron chi connectivity index (χ1n) is 11.4. The third-order valence-corrected chi connectivity index (χ3v) is 5.77. The van der Waals surface area contributed by atoms with Crippen molar-refractivity contribution in [1.29, 1.82) is 0 Å². The first-order valence-corrected chi connectivity index (χ1v) is 11.4. The van der Waals surface area contributed by atoms with E-state index < -0.39 is 0 Å². The van der Waals surface area contributed by atoms with Crippen LogP contribution < -0.4 is 19.5 Å². The summed E-state index contributed by atoms with van der Waals surface area (Å²) in [4.78, 5) is 11.3. The van der Waals surface area contributed by atoms with Crippen molar-refractivity contribution in [3.8, 4) is 28.4 Å². The number of methoxy groups -OCH3 is 3. The van der Waals surface area contributed by atoms with Gasteiger partial charge >= 0.3 is 5.97 Å². The Balaban J connectivity index is 1.69. The second-order valence-corrected chi connectivity index (χ2v) is 7.91. The molecule has 0 bridgehead atoms. The first-order chi connectivity index (χ1) is 16.6. The van der Waals surface area contributed by atoms with Crippen LogP contribution in [0, 0.1) is 6.92 Å². The van der Waals surface area contributed by atoms with Crippen molar-refractivity contribution in [1.82, 2.24) is 5.32 Å². The van der Waals surface area contributed by atoms with Crippen LogP contribution in [-0.4, -0.2) is 33.8 Å². The minimum atomic E-state index is -0.206. The average molecular weight is 464 g/mol. The zero-order chi connectivity index (χ0) is 24.3. The molecule has 0 atom stereocenters. The highest BCUT2D eigenvalue weighted by Crippen LogP contribution is 2.35. The molecule has 0 aliphatic heterocycles. The van der Waals surface area contributed by atoms with Crippen LogP contribution in [0.2, 0.25) is 0 Å². The number of esters is 1. The molecule has 1 N–H and O–H groups in total. The first kappa shape index (κ1) is 25.1. The SMILES string of the molecule is COC(=O)CCCNCc1c(OC)cc(OCc2cccc(-c3ccccc3)c2C)cc1OC. The molecule has 0 radical (unpaired) electrons. The highest BCUT2D eigenvalue weighted by Gasteiger charge is 2.14. The van der Waals surface area contributed by atoms with Gasteiger partial charge < -0.3 is 24.3 Å². The van der Waals surface area contributed by atoms with E-state index in [4.69, 9.17) is 14.2 Å². The second-order valence-electron chi connectivity index (χ2n) is 7.91. The van der Waals surface area contributed by atoms with Gasteiger partial charge in [0.15, 0.2) is 0 Å². The smallest absolute Gasteiger partial charge is 0.305 e. The maximum Gasteiger partial charge on any atom is 0.305 e. The van der Waals surface area contributed by atoms with Gasteiger partial charge in [-0.2, -0.15) is 0 Å². The van der Waals surface area contributed by atoms with E-state index in [0.717, 1.165) is 11.1 Å². The van der Waals surface area contributed by atoms with Crippen LogP contribution >= 0.6 is 0 Å².